The number of aromatic nitrogens is 2. The van der Waals surface area contributed by atoms with Crippen LogP contribution in [0.2, 0.25) is 0 Å². The largest absolute Gasteiger partial charge is 0.496 e. The van der Waals surface area contributed by atoms with Gasteiger partial charge in [0.25, 0.3) is 0 Å². The SMILES string of the molecule is COc1ccc(C23CCC(CN(C(=O)C4CCC(O)CC4)c4cc(-c5cnc(C(C)(C)C)s5)ccn4)(CC2)CC3)cc1C. The summed E-state index contributed by atoms with van der Waals surface area (Å²) < 4.78 is 5.54. The van der Waals surface area contributed by atoms with Gasteiger partial charge in [0.1, 0.15) is 11.6 Å². The monoisotopic (exact) mass is 601 g/mol. The Labute approximate surface area is 260 Å². The van der Waals surface area contributed by atoms with Gasteiger partial charge in [0.15, 0.2) is 0 Å². The van der Waals surface area contributed by atoms with Crippen LogP contribution in [0.3, 0.4) is 0 Å². The van der Waals surface area contributed by atoms with Crippen molar-refractivity contribution in [1.82, 2.24) is 9.97 Å². The van der Waals surface area contributed by atoms with Crippen LogP contribution in [-0.2, 0) is 15.6 Å². The number of carbonyl (C=O) groups excluding carboxylic acids is 1. The van der Waals surface area contributed by atoms with Crippen LogP contribution >= 0.6 is 11.3 Å². The fourth-order valence-corrected chi connectivity index (χ4v) is 8.74. The predicted molar refractivity (Wildman–Crippen MR) is 174 cm³/mol. The lowest BCUT2D eigenvalue weighted by atomic mass is 9.51. The Morgan fingerprint density at radius 2 is 1.72 bits per heavy atom. The molecule has 7 rings (SSSR count). The number of anilines is 1. The second-order valence-electron chi connectivity index (χ2n) is 14.6. The summed E-state index contributed by atoms with van der Waals surface area (Å²) in [6.45, 7) is 9.42. The number of nitrogens with zero attached hydrogens (tertiary/aromatic N) is 3. The van der Waals surface area contributed by atoms with Crippen molar-refractivity contribution in [3.8, 4) is 16.2 Å². The average molecular weight is 602 g/mol. The molecule has 4 fully saturated rings. The molecule has 0 unspecified atom stereocenters. The van der Waals surface area contributed by atoms with Crippen LogP contribution in [0.5, 0.6) is 5.75 Å². The predicted octanol–water partition coefficient (Wildman–Crippen LogP) is 8.00. The Morgan fingerprint density at radius 3 is 2.33 bits per heavy atom. The molecule has 0 radical (unpaired) electrons. The van der Waals surface area contributed by atoms with Crippen molar-refractivity contribution in [3.63, 3.8) is 0 Å². The quantitative estimate of drug-likeness (QED) is 0.297. The zero-order valence-electron chi connectivity index (χ0n) is 26.5. The number of rotatable bonds is 7. The number of benzene rings is 1. The van der Waals surface area contributed by atoms with E-state index >= 15 is 0 Å². The molecule has 4 aliphatic rings. The highest BCUT2D eigenvalue weighted by Gasteiger charge is 2.50. The first-order valence-electron chi connectivity index (χ1n) is 16.1. The minimum Gasteiger partial charge on any atom is -0.496 e. The maximum absolute atomic E-state index is 14.3. The van der Waals surface area contributed by atoms with E-state index in [4.69, 9.17) is 14.7 Å². The number of hydrogen-bond acceptors (Lipinski definition) is 6. The second kappa shape index (κ2) is 11.6. The summed E-state index contributed by atoms with van der Waals surface area (Å²) in [5.41, 5.74) is 4.03. The summed E-state index contributed by atoms with van der Waals surface area (Å²) in [4.78, 5) is 27.0. The molecular weight excluding hydrogens is 554 g/mol. The van der Waals surface area contributed by atoms with E-state index in [0.717, 1.165) is 84.9 Å². The number of fused-ring (bicyclic) bond motifs is 3. The van der Waals surface area contributed by atoms with Crippen LogP contribution < -0.4 is 9.64 Å². The van der Waals surface area contributed by atoms with Gasteiger partial charge in [-0.3, -0.25) is 9.69 Å². The first kappa shape index (κ1) is 30.3. The maximum Gasteiger partial charge on any atom is 0.231 e. The highest BCUT2D eigenvalue weighted by molar-refractivity contribution is 7.15. The Kier molecular flexibility index (Phi) is 8.18. The molecule has 0 saturated heterocycles. The van der Waals surface area contributed by atoms with Crippen molar-refractivity contribution >= 4 is 23.1 Å². The van der Waals surface area contributed by atoms with E-state index in [1.807, 2.05) is 23.4 Å². The minimum absolute atomic E-state index is 0.00676. The molecule has 4 aliphatic carbocycles. The van der Waals surface area contributed by atoms with Gasteiger partial charge in [-0.05, 0) is 117 Å². The number of ether oxygens (including phenoxy) is 1. The molecule has 3 aromatic rings. The third kappa shape index (κ3) is 6.00. The molecule has 2 heterocycles. The number of thiazole rings is 1. The van der Waals surface area contributed by atoms with Gasteiger partial charge < -0.3 is 9.84 Å². The first-order chi connectivity index (χ1) is 20.5. The summed E-state index contributed by atoms with van der Waals surface area (Å²) in [7, 11) is 1.74. The van der Waals surface area contributed by atoms with Crippen molar-refractivity contribution in [2.45, 2.75) is 109 Å². The smallest absolute Gasteiger partial charge is 0.231 e. The zero-order valence-corrected chi connectivity index (χ0v) is 27.3. The summed E-state index contributed by atoms with van der Waals surface area (Å²) >= 11 is 1.72. The average Bonchev–Trinajstić information content (AvgIpc) is 3.53. The molecular formula is C36H47N3O3S. The Bertz CT molecular complexity index is 1440. The number of pyridine rings is 1. The molecule has 0 spiro atoms. The highest BCUT2D eigenvalue weighted by Crippen LogP contribution is 2.58. The van der Waals surface area contributed by atoms with Gasteiger partial charge in [0, 0.05) is 30.3 Å². The van der Waals surface area contributed by atoms with Gasteiger partial charge in [0.2, 0.25) is 5.91 Å². The van der Waals surface area contributed by atoms with Gasteiger partial charge in [-0.15, -0.1) is 11.3 Å². The van der Waals surface area contributed by atoms with E-state index in [2.05, 4.69) is 52.0 Å². The molecule has 2 bridgehead atoms. The first-order valence-corrected chi connectivity index (χ1v) is 16.9. The molecule has 1 amide bonds. The Balaban J connectivity index is 1.27. The fourth-order valence-electron chi connectivity index (χ4n) is 7.77. The molecule has 1 aromatic carbocycles. The van der Waals surface area contributed by atoms with Crippen molar-refractivity contribution in [3.05, 3.63) is 58.9 Å². The number of methoxy groups -OCH3 is 1. The summed E-state index contributed by atoms with van der Waals surface area (Å²) in [5, 5.41) is 11.3. The van der Waals surface area contributed by atoms with Crippen molar-refractivity contribution in [2.75, 3.05) is 18.6 Å². The third-order valence-corrected chi connectivity index (χ3v) is 12.1. The van der Waals surface area contributed by atoms with Gasteiger partial charge in [-0.1, -0.05) is 32.9 Å². The van der Waals surface area contributed by atoms with E-state index in [1.165, 1.54) is 11.1 Å². The van der Waals surface area contributed by atoms with E-state index < -0.39 is 0 Å². The molecule has 1 N–H and O–H groups in total. The van der Waals surface area contributed by atoms with Crippen LogP contribution in [0.1, 0.15) is 101 Å². The third-order valence-electron chi connectivity index (χ3n) is 10.7. The molecule has 4 saturated carbocycles. The molecule has 6 nitrogen and oxygen atoms in total. The van der Waals surface area contributed by atoms with Crippen LogP contribution in [0.15, 0.2) is 42.7 Å². The number of aliphatic hydroxyl groups is 1. The summed E-state index contributed by atoms with van der Waals surface area (Å²) in [6, 6.07) is 10.9. The molecule has 43 heavy (non-hydrogen) atoms. The molecule has 7 heteroatoms. The maximum atomic E-state index is 14.3. The Hall–Kier alpha value is -2.77. The fraction of sp³-hybridized carbons (Fsp3) is 0.583. The van der Waals surface area contributed by atoms with Gasteiger partial charge in [0.05, 0.1) is 23.1 Å². The van der Waals surface area contributed by atoms with Crippen LogP contribution in [0.4, 0.5) is 5.82 Å². The van der Waals surface area contributed by atoms with E-state index in [0.29, 0.717) is 12.8 Å². The van der Waals surface area contributed by atoms with Crippen LogP contribution in [0, 0.1) is 18.3 Å². The zero-order chi connectivity index (χ0) is 30.4. The van der Waals surface area contributed by atoms with E-state index in [9.17, 15) is 9.90 Å². The lowest BCUT2D eigenvalue weighted by Crippen LogP contribution is -2.52. The number of amides is 1. The van der Waals surface area contributed by atoms with Crippen LogP contribution in [-0.4, -0.2) is 40.7 Å². The number of aryl methyl sites for hydroxylation is 1. The van der Waals surface area contributed by atoms with Crippen molar-refractivity contribution in [1.29, 1.82) is 0 Å². The number of carbonyl (C=O) groups is 1. The molecule has 230 valence electrons. The van der Waals surface area contributed by atoms with E-state index in [1.54, 1.807) is 18.4 Å². The molecule has 0 aliphatic heterocycles. The normalized spacial score (nSPS) is 27.2. The van der Waals surface area contributed by atoms with Gasteiger partial charge >= 0.3 is 0 Å². The lowest BCUT2D eigenvalue weighted by molar-refractivity contribution is -0.124. The van der Waals surface area contributed by atoms with E-state index in [-0.39, 0.29) is 34.2 Å². The highest BCUT2D eigenvalue weighted by atomic mass is 32.1. The van der Waals surface area contributed by atoms with Crippen molar-refractivity contribution in [2.24, 2.45) is 11.3 Å². The Morgan fingerprint density at radius 1 is 1.02 bits per heavy atom. The van der Waals surface area contributed by atoms with Crippen LogP contribution in [0.25, 0.3) is 10.4 Å². The number of aliphatic hydroxyl groups excluding tert-OH is 1. The summed E-state index contributed by atoms with van der Waals surface area (Å²) in [5.74, 6) is 1.82. The molecule has 2 aromatic heterocycles. The standard InChI is InChI=1S/C36H47N3O3S/c1-24-20-27(8-11-29(24)42-5)36-16-13-35(14-17-36,15-18-36)23-39(32(41)25-6-9-28(40)10-7-25)31-21-26(12-19-37-31)30-22-38-33(43-30)34(2,3)4/h8,11-12,19-22,25,28,40H,6-7,9-10,13-18,23H2,1-5H3. The van der Waals surface area contributed by atoms with Crippen molar-refractivity contribution < 1.29 is 14.6 Å². The van der Waals surface area contributed by atoms with Gasteiger partial charge in [-0.25, -0.2) is 9.97 Å². The molecule has 0 atom stereocenters. The summed E-state index contributed by atoms with van der Waals surface area (Å²) in [6.07, 6.45) is 13.2. The second-order valence-corrected chi connectivity index (χ2v) is 15.6. The van der Waals surface area contributed by atoms with Gasteiger partial charge in [-0.2, -0.15) is 0 Å². The number of hydrogen-bond donors (Lipinski definition) is 1. The minimum atomic E-state index is -0.285. The topological polar surface area (TPSA) is 75.5 Å². The lowest BCUT2D eigenvalue weighted by Gasteiger charge is -2.55.